The number of guanidine groups is 1. The Kier molecular flexibility index (Phi) is 8.37. The van der Waals surface area contributed by atoms with Crippen LogP contribution in [-0.2, 0) is 6.54 Å². The van der Waals surface area contributed by atoms with E-state index in [-0.39, 0.29) is 30.1 Å². The number of halogens is 1. The number of hydrogen-bond acceptors (Lipinski definition) is 3. The van der Waals surface area contributed by atoms with Crippen LogP contribution in [0.4, 0.5) is 0 Å². The van der Waals surface area contributed by atoms with Crippen LogP contribution in [0.2, 0.25) is 0 Å². The van der Waals surface area contributed by atoms with Crippen molar-refractivity contribution in [2.75, 3.05) is 6.54 Å². The molecule has 1 saturated carbocycles. The average Bonchev–Trinajstić information content (AvgIpc) is 3.17. The van der Waals surface area contributed by atoms with E-state index in [1.54, 1.807) is 6.20 Å². The number of aromatic nitrogens is 2. The lowest BCUT2D eigenvalue weighted by Gasteiger charge is -2.27. The first-order chi connectivity index (χ1) is 12.2. The molecule has 1 fully saturated rings. The normalized spacial score (nSPS) is 20.3. The van der Waals surface area contributed by atoms with Crippen LogP contribution in [0.5, 0.6) is 0 Å². The molecule has 1 heterocycles. The molecule has 7 heteroatoms. The number of aliphatic hydroxyl groups is 1. The quantitative estimate of drug-likeness (QED) is 0.358. The van der Waals surface area contributed by atoms with Gasteiger partial charge in [-0.3, -0.25) is 0 Å². The maximum atomic E-state index is 9.63. The fourth-order valence-corrected chi connectivity index (χ4v) is 3.08. The van der Waals surface area contributed by atoms with Gasteiger partial charge in [0.1, 0.15) is 0 Å². The summed E-state index contributed by atoms with van der Waals surface area (Å²) in [5, 5.41) is 20.7. The Hall–Kier alpha value is -1.61. The third-order valence-corrected chi connectivity index (χ3v) is 4.51. The molecule has 0 atom stereocenters. The molecular formula is C19H28IN5O. The molecule has 26 heavy (non-hydrogen) atoms. The Morgan fingerprint density at radius 2 is 1.96 bits per heavy atom. The van der Waals surface area contributed by atoms with Crippen molar-refractivity contribution in [2.24, 2.45) is 4.99 Å². The average molecular weight is 469 g/mol. The van der Waals surface area contributed by atoms with E-state index in [0.717, 1.165) is 49.4 Å². The van der Waals surface area contributed by atoms with Gasteiger partial charge >= 0.3 is 0 Å². The lowest BCUT2D eigenvalue weighted by atomic mass is 9.93. The molecule has 1 aliphatic carbocycles. The zero-order valence-corrected chi connectivity index (χ0v) is 17.5. The lowest BCUT2D eigenvalue weighted by Crippen LogP contribution is -2.45. The molecule has 0 aliphatic heterocycles. The molecule has 0 unspecified atom stereocenters. The van der Waals surface area contributed by atoms with E-state index in [9.17, 15) is 5.11 Å². The van der Waals surface area contributed by atoms with E-state index in [0.29, 0.717) is 12.6 Å². The van der Waals surface area contributed by atoms with Gasteiger partial charge in [0.2, 0.25) is 0 Å². The van der Waals surface area contributed by atoms with Crippen molar-refractivity contribution in [2.45, 2.75) is 51.3 Å². The highest BCUT2D eigenvalue weighted by atomic mass is 127. The van der Waals surface area contributed by atoms with Gasteiger partial charge in [0.25, 0.3) is 0 Å². The minimum atomic E-state index is -0.133. The van der Waals surface area contributed by atoms with Crippen molar-refractivity contribution in [1.29, 1.82) is 0 Å². The Morgan fingerprint density at radius 1 is 1.23 bits per heavy atom. The molecule has 3 rings (SSSR count). The highest BCUT2D eigenvalue weighted by molar-refractivity contribution is 14.0. The number of aliphatic imine (C=N–C) groups is 1. The van der Waals surface area contributed by atoms with Crippen LogP contribution in [0.3, 0.4) is 0 Å². The molecule has 6 nitrogen and oxygen atoms in total. The molecule has 1 aliphatic rings. The molecule has 1 aromatic heterocycles. The largest absolute Gasteiger partial charge is 0.393 e. The van der Waals surface area contributed by atoms with Crippen LogP contribution in [0.15, 0.2) is 47.7 Å². The van der Waals surface area contributed by atoms with Gasteiger partial charge in [-0.1, -0.05) is 12.1 Å². The summed E-state index contributed by atoms with van der Waals surface area (Å²) >= 11 is 0. The van der Waals surface area contributed by atoms with Crippen molar-refractivity contribution in [3.8, 4) is 5.69 Å². The van der Waals surface area contributed by atoms with Crippen LogP contribution in [0.25, 0.3) is 5.69 Å². The molecule has 2 aromatic rings. The number of rotatable bonds is 5. The summed E-state index contributed by atoms with van der Waals surface area (Å²) in [6, 6.07) is 10.6. The summed E-state index contributed by atoms with van der Waals surface area (Å²) in [6.07, 6.45) is 7.29. The van der Waals surface area contributed by atoms with E-state index in [2.05, 4.69) is 46.9 Å². The minimum absolute atomic E-state index is 0. The van der Waals surface area contributed by atoms with Gasteiger partial charge in [-0.15, -0.1) is 24.0 Å². The van der Waals surface area contributed by atoms with Gasteiger partial charge in [-0.2, -0.15) is 5.10 Å². The van der Waals surface area contributed by atoms with Gasteiger partial charge in [-0.25, -0.2) is 9.67 Å². The van der Waals surface area contributed by atoms with Gasteiger partial charge in [0.15, 0.2) is 5.96 Å². The zero-order chi connectivity index (χ0) is 17.5. The number of aliphatic hydroxyl groups excluding tert-OH is 1. The molecular weight excluding hydrogens is 441 g/mol. The van der Waals surface area contributed by atoms with E-state index in [1.807, 2.05) is 16.9 Å². The lowest BCUT2D eigenvalue weighted by molar-refractivity contribution is 0.120. The summed E-state index contributed by atoms with van der Waals surface area (Å²) in [6.45, 7) is 3.53. The third kappa shape index (κ3) is 5.98. The molecule has 0 spiro atoms. The van der Waals surface area contributed by atoms with Gasteiger partial charge < -0.3 is 15.7 Å². The van der Waals surface area contributed by atoms with Crippen molar-refractivity contribution >= 4 is 29.9 Å². The minimum Gasteiger partial charge on any atom is -0.393 e. The van der Waals surface area contributed by atoms with Crippen molar-refractivity contribution in [3.05, 3.63) is 48.3 Å². The monoisotopic (exact) mass is 469 g/mol. The summed E-state index contributed by atoms with van der Waals surface area (Å²) in [5.74, 6) is 0.847. The standard InChI is InChI=1S/C19H27N5O.HI/c1-2-20-19(23-16-6-10-18(25)11-7-16)21-14-15-4-8-17(9-5-15)24-13-3-12-22-24;/h3-5,8-9,12-13,16,18,25H,2,6-7,10-11,14H2,1H3,(H2,20,21,23);1H. The molecule has 0 saturated heterocycles. The van der Waals surface area contributed by atoms with Gasteiger partial charge in [0.05, 0.1) is 18.3 Å². The predicted molar refractivity (Wildman–Crippen MR) is 115 cm³/mol. The Balaban J connectivity index is 0.00000243. The Morgan fingerprint density at radius 3 is 2.58 bits per heavy atom. The van der Waals surface area contributed by atoms with E-state index in [1.165, 1.54) is 0 Å². The second-order valence-corrected chi connectivity index (χ2v) is 6.46. The van der Waals surface area contributed by atoms with Crippen LogP contribution in [0, 0.1) is 0 Å². The molecule has 0 amide bonds. The number of benzene rings is 1. The molecule has 0 bridgehead atoms. The smallest absolute Gasteiger partial charge is 0.191 e. The van der Waals surface area contributed by atoms with E-state index in [4.69, 9.17) is 4.99 Å². The molecule has 0 radical (unpaired) electrons. The van der Waals surface area contributed by atoms with Crippen molar-refractivity contribution in [3.63, 3.8) is 0 Å². The molecule has 1 aromatic carbocycles. The summed E-state index contributed by atoms with van der Waals surface area (Å²) in [4.78, 5) is 4.70. The Bertz CT molecular complexity index is 664. The fourth-order valence-electron chi connectivity index (χ4n) is 3.08. The first-order valence-electron chi connectivity index (χ1n) is 9.06. The Labute approximate surface area is 172 Å². The van der Waals surface area contributed by atoms with Crippen LogP contribution >= 0.6 is 24.0 Å². The maximum Gasteiger partial charge on any atom is 0.191 e. The van der Waals surface area contributed by atoms with Gasteiger partial charge in [0, 0.05) is 25.0 Å². The van der Waals surface area contributed by atoms with E-state index < -0.39 is 0 Å². The van der Waals surface area contributed by atoms with Crippen LogP contribution < -0.4 is 10.6 Å². The maximum absolute atomic E-state index is 9.63. The number of hydrogen-bond donors (Lipinski definition) is 3. The first kappa shape index (κ1) is 20.7. The highest BCUT2D eigenvalue weighted by Crippen LogP contribution is 2.18. The second-order valence-electron chi connectivity index (χ2n) is 6.46. The van der Waals surface area contributed by atoms with Crippen molar-refractivity contribution in [1.82, 2.24) is 20.4 Å². The third-order valence-electron chi connectivity index (χ3n) is 4.51. The summed E-state index contributed by atoms with van der Waals surface area (Å²) in [7, 11) is 0. The second kappa shape index (κ2) is 10.5. The van der Waals surface area contributed by atoms with Crippen LogP contribution in [0.1, 0.15) is 38.2 Å². The van der Waals surface area contributed by atoms with Gasteiger partial charge in [-0.05, 0) is 56.4 Å². The van der Waals surface area contributed by atoms with E-state index >= 15 is 0 Å². The molecule has 3 N–H and O–H groups in total. The van der Waals surface area contributed by atoms with Crippen molar-refractivity contribution < 1.29 is 5.11 Å². The topological polar surface area (TPSA) is 74.5 Å². The number of nitrogens with one attached hydrogen (secondary N) is 2. The predicted octanol–water partition coefficient (Wildman–Crippen LogP) is 2.85. The first-order valence-corrected chi connectivity index (χ1v) is 9.06. The summed E-state index contributed by atoms with van der Waals surface area (Å²) in [5.41, 5.74) is 2.20. The molecule has 142 valence electrons. The SMILES string of the molecule is CCNC(=NCc1ccc(-n2cccn2)cc1)NC1CCC(O)CC1.I. The fraction of sp³-hybridized carbons (Fsp3) is 0.474. The summed E-state index contributed by atoms with van der Waals surface area (Å²) < 4.78 is 1.84. The van der Waals surface area contributed by atoms with Crippen LogP contribution in [-0.4, -0.2) is 39.5 Å². The number of nitrogens with zero attached hydrogens (tertiary/aromatic N) is 3. The zero-order valence-electron chi connectivity index (χ0n) is 15.1. The highest BCUT2D eigenvalue weighted by Gasteiger charge is 2.19.